The van der Waals surface area contributed by atoms with Crippen LogP contribution in [0, 0.1) is 0 Å². The number of carboxylic acid groups (broad SMARTS) is 1. The molecule has 0 aliphatic carbocycles. The number of rotatable bonds is 7. The Morgan fingerprint density at radius 2 is 1.64 bits per heavy atom. The molecule has 3 aromatic rings. The van der Waals surface area contributed by atoms with E-state index in [9.17, 15) is 19.2 Å². The van der Waals surface area contributed by atoms with Crippen molar-refractivity contribution in [2.45, 2.75) is 19.9 Å². The molecule has 0 unspecified atom stereocenters. The minimum absolute atomic E-state index is 0.00821. The maximum atomic E-state index is 12.6. The third-order valence-electron chi connectivity index (χ3n) is 4.61. The van der Waals surface area contributed by atoms with Gasteiger partial charge in [0.25, 0.3) is 17.5 Å². The number of primary amides is 1. The highest BCUT2D eigenvalue weighted by Gasteiger charge is 2.29. The number of benzene rings is 2. The van der Waals surface area contributed by atoms with E-state index in [1.165, 1.54) is 6.07 Å². The minimum Gasteiger partial charge on any atom is -0.475 e. The van der Waals surface area contributed by atoms with Crippen molar-refractivity contribution in [2.75, 3.05) is 0 Å². The number of carboxylic acids is 1. The van der Waals surface area contributed by atoms with Gasteiger partial charge in [0.15, 0.2) is 0 Å². The quantitative estimate of drug-likeness (QED) is 0.482. The molecule has 142 valence electrons. The normalized spacial score (nSPS) is 10.8. The number of amides is 1. The van der Waals surface area contributed by atoms with Gasteiger partial charge in [0, 0.05) is 23.2 Å². The molecule has 2 aromatic carbocycles. The van der Waals surface area contributed by atoms with Gasteiger partial charge in [0.1, 0.15) is 0 Å². The largest absolute Gasteiger partial charge is 0.475 e. The van der Waals surface area contributed by atoms with Crippen LogP contribution in [0.2, 0.25) is 0 Å². The van der Waals surface area contributed by atoms with E-state index in [4.69, 9.17) is 10.8 Å². The number of carbonyl (C=O) groups excluding carboxylic acids is 3. The predicted molar refractivity (Wildman–Crippen MR) is 102 cm³/mol. The molecule has 0 aliphatic heterocycles. The summed E-state index contributed by atoms with van der Waals surface area (Å²) in [6, 6.07) is 14.0. The zero-order chi connectivity index (χ0) is 20.4. The summed E-state index contributed by atoms with van der Waals surface area (Å²) in [5.74, 6) is -4.90. The fourth-order valence-electron chi connectivity index (χ4n) is 3.44. The molecular weight excluding hydrogens is 360 g/mol. The molecule has 0 spiro atoms. The topological polar surface area (TPSA) is 119 Å². The van der Waals surface area contributed by atoms with Crippen molar-refractivity contribution in [3.05, 3.63) is 70.9 Å². The lowest BCUT2D eigenvalue weighted by atomic mass is 9.98. The van der Waals surface area contributed by atoms with E-state index in [2.05, 4.69) is 0 Å². The van der Waals surface area contributed by atoms with E-state index < -0.39 is 23.4 Å². The summed E-state index contributed by atoms with van der Waals surface area (Å²) in [4.78, 5) is 47.8. The SMILES string of the molecule is CCc1c(C(=O)C(N)=O)c2c(C(=O)C(=O)O)cccc2n1Cc1ccccc1. The van der Waals surface area contributed by atoms with Crippen LogP contribution in [0.15, 0.2) is 48.5 Å². The standard InChI is InChI=1S/C21H18N2O5/c1-2-14-17(19(25)20(22)26)16-13(18(24)21(27)28)9-6-10-15(16)23(14)11-12-7-4-3-5-8-12/h3-10H,2,11H2,1H3,(H2,22,26)(H,27,28). The van der Waals surface area contributed by atoms with Crippen molar-refractivity contribution >= 4 is 34.3 Å². The second-order valence-corrected chi connectivity index (χ2v) is 6.27. The summed E-state index contributed by atoms with van der Waals surface area (Å²) < 4.78 is 1.82. The molecule has 7 heteroatoms. The van der Waals surface area contributed by atoms with E-state index in [-0.39, 0.29) is 16.5 Å². The van der Waals surface area contributed by atoms with Crippen LogP contribution in [0.25, 0.3) is 10.9 Å². The Morgan fingerprint density at radius 1 is 0.964 bits per heavy atom. The van der Waals surface area contributed by atoms with E-state index in [0.29, 0.717) is 24.2 Å². The van der Waals surface area contributed by atoms with Gasteiger partial charge < -0.3 is 15.4 Å². The average molecular weight is 378 g/mol. The average Bonchev–Trinajstić information content (AvgIpc) is 3.00. The van der Waals surface area contributed by atoms with Crippen molar-refractivity contribution in [1.82, 2.24) is 4.57 Å². The number of aromatic nitrogens is 1. The summed E-state index contributed by atoms with van der Waals surface area (Å²) >= 11 is 0. The van der Waals surface area contributed by atoms with Crippen LogP contribution in [0.4, 0.5) is 0 Å². The summed E-state index contributed by atoms with van der Waals surface area (Å²) in [7, 11) is 0. The van der Waals surface area contributed by atoms with E-state index in [0.717, 1.165) is 5.56 Å². The zero-order valence-electron chi connectivity index (χ0n) is 15.1. The Kier molecular flexibility index (Phi) is 5.08. The number of Topliss-reactive ketones (excluding diaryl/α,β-unsaturated/α-hetero) is 2. The van der Waals surface area contributed by atoms with Crippen LogP contribution in [-0.4, -0.2) is 33.1 Å². The van der Waals surface area contributed by atoms with E-state index in [1.54, 1.807) is 12.1 Å². The van der Waals surface area contributed by atoms with Gasteiger partial charge in [-0.2, -0.15) is 0 Å². The van der Waals surface area contributed by atoms with Gasteiger partial charge in [-0.3, -0.25) is 14.4 Å². The van der Waals surface area contributed by atoms with Gasteiger partial charge in [-0.1, -0.05) is 43.3 Å². The summed E-state index contributed by atoms with van der Waals surface area (Å²) in [6.45, 7) is 2.20. The molecule has 3 rings (SSSR count). The molecule has 0 bridgehead atoms. The first kappa shape index (κ1) is 19.0. The third kappa shape index (κ3) is 3.18. The number of hydrogen-bond donors (Lipinski definition) is 2. The maximum Gasteiger partial charge on any atom is 0.377 e. The summed E-state index contributed by atoms with van der Waals surface area (Å²) in [6.07, 6.45) is 0.385. The molecule has 0 atom stereocenters. The fourth-order valence-corrected chi connectivity index (χ4v) is 3.44. The first-order chi connectivity index (χ1) is 13.4. The number of fused-ring (bicyclic) bond motifs is 1. The number of nitrogens with two attached hydrogens (primary N) is 1. The molecule has 0 fully saturated rings. The highest BCUT2D eigenvalue weighted by molar-refractivity contribution is 6.48. The van der Waals surface area contributed by atoms with Gasteiger partial charge in [-0.25, -0.2) is 4.79 Å². The fraction of sp³-hybridized carbons (Fsp3) is 0.143. The second kappa shape index (κ2) is 7.48. The smallest absolute Gasteiger partial charge is 0.377 e. The molecule has 1 heterocycles. The molecule has 7 nitrogen and oxygen atoms in total. The number of carbonyl (C=O) groups is 4. The van der Waals surface area contributed by atoms with Crippen LogP contribution in [-0.2, 0) is 22.6 Å². The maximum absolute atomic E-state index is 12.6. The lowest BCUT2D eigenvalue weighted by Gasteiger charge is -2.10. The second-order valence-electron chi connectivity index (χ2n) is 6.27. The first-order valence-electron chi connectivity index (χ1n) is 8.66. The Hall–Kier alpha value is -3.74. The molecule has 3 N–H and O–H groups in total. The molecule has 0 saturated heterocycles. The van der Waals surface area contributed by atoms with Gasteiger partial charge >= 0.3 is 5.97 Å². The van der Waals surface area contributed by atoms with Crippen molar-refractivity contribution in [3.63, 3.8) is 0 Å². The van der Waals surface area contributed by atoms with E-state index >= 15 is 0 Å². The van der Waals surface area contributed by atoms with Crippen molar-refractivity contribution in [2.24, 2.45) is 5.73 Å². The van der Waals surface area contributed by atoms with Crippen LogP contribution in [0.1, 0.15) is 38.9 Å². The minimum atomic E-state index is -1.64. The molecular formula is C21H18N2O5. The Labute approximate surface area is 160 Å². The van der Waals surface area contributed by atoms with E-state index in [1.807, 2.05) is 41.8 Å². The number of aliphatic carboxylic acids is 1. The molecule has 1 amide bonds. The van der Waals surface area contributed by atoms with Crippen LogP contribution in [0.3, 0.4) is 0 Å². The molecule has 28 heavy (non-hydrogen) atoms. The Bertz CT molecular complexity index is 1110. The van der Waals surface area contributed by atoms with Gasteiger partial charge in [0.05, 0.1) is 11.1 Å². The van der Waals surface area contributed by atoms with Crippen molar-refractivity contribution in [1.29, 1.82) is 0 Å². The monoisotopic (exact) mass is 378 g/mol. The van der Waals surface area contributed by atoms with Crippen LogP contribution < -0.4 is 5.73 Å². The van der Waals surface area contributed by atoms with Crippen LogP contribution in [0.5, 0.6) is 0 Å². The van der Waals surface area contributed by atoms with Crippen LogP contribution >= 0.6 is 0 Å². The number of hydrogen-bond acceptors (Lipinski definition) is 4. The molecule has 0 radical (unpaired) electrons. The van der Waals surface area contributed by atoms with Crippen molar-refractivity contribution < 1.29 is 24.3 Å². The molecule has 0 aliphatic rings. The van der Waals surface area contributed by atoms with Gasteiger partial charge in [-0.05, 0) is 24.1 Å². The first-order valence-corrected chi connectivity index (χ1v) is 8.66. The summed E-state index contributed by atoms with van der Waals surface area (Å²) in [5, 5.41) is 9.31. The zero-order valence-corrected chi connectivity index (χ0v) is 15.1. The highest BCUT2D eigenvalue weighted by atomic mass is 16.4. The highest BCUT2D eigenvalue weighted by Crippen LogP contribution is 2.31. The van der Waals surface area contributed by atoms with Gasteiger partial charge in [0.2, 0.25) is 0 Å². The number of nitrogens with zero attached hydrogens (tertiary/aromatic N) is 1. The lowest BCUT2D eigenvalue weighted by Crippen LogP contribution is -2.24. The van der Waals surface area contributed by atoms with Crippen molar-refractivity contribution in [3.8, 4) is 0 Å². The number of ketones is 2. The Morgan fingerprint density at radius 3 is 2.21 bits per heavy atom. The van der Waals surface area contributed by atoms with Gasteiger partial charge in [-0.15, -0.1) is 0 Å². The summed E-state index contributed by atoms with van der Waals surface area (Å²) in [5.41, 5.74) is 7.05. The third-order valence-corrected chi connectivity index (χ3v) is 4.61. The molecule has 1 aromatic heterocycles. The Balaban J connectivity index is 2.39. The lowest BCUT2D eigenvalue weighted by molar-refractivity contribution is -0.131. The predicted octanol–water partition coefficient (Wildman–Crippen LogP) is 2.19. The molecule has 0 saturated carbocycles.